The number of anilines is 1. The topological polar surface area (TPSA) is 68.0 Å². The van der Waals surface area contributed by atoms with Crippen LogP contribution < -0.4 is 5.32 Å². The maximum Gasteiger partial charge on any atom is 0.224 e. The average Bonchev–Trinajstić information content (AvgIpc) is 3.12. The zero-order valence-corrected chi connectivity index (χ0v) is 14.7. The molecule has 0 aliphatic heterocycles. The lowest BCUT2D eigenvalue weighted by Gasteiger charge is -2.09. The molecule has 0 unspecified atom stereocenters. The minimum absolute atomic E-state index is 0.0330. The number of rotatable bonds is 5. The highest BCUT2D eigenvalue weighted by molar-refractivity contribution is 7.09. The molecule has 24 heavy (non-hydrogen) atoms. The molecule has 0 saturated heterocycles. The molecule has 0 atom stereocenters. The lowest BCUT2D eigenvalue weighted by Crippen LogP contribution is -2.13. The molecule has 0 fully saturated rings. The molecule has 1 amide bonds. The molecule has 0 spiro atoms. The quantitative estimate of drug-likeness (QED) is 0.751. The normalized spacial score (nSPS) is 10.8. The van der Waals surface area contributed by atoms with Crippen LogP contribution in [-0.4, -0.2) is 16.0 Å². The van der Waals surface area contributed by atoms with Crippen molar-refractivity contribution in [2.24, 2.45) is 0 Å². The van der Waals surface area contributed by atoms with Gasteiger partial charge in [0.15, 0.2) is 0 Å². The molecule has 0 aliphatic carbocycles. The average molecular weight is 341 g/mol. The Kier molecular flexibility index (Phi) is 4.76. The minimum Gasteiger partial charge on any atom is -0.361 e. The first kappa shape index (κ1) is 16.4. The monoisotopic (exact) mass is 341 g/mol. The van der Waals surface area contributed by atoms with Gasteiger partial charge in [-0.15, -0.1) is 11.3 Å². The molecule has 0 saturated carbocycles. The van der Waals surface area contributed by atoms with Gasteiger partial charge < -0.3 is 9.84 Å². The van der Waals surface area contributed by atoms with Gasteiger partial charge in [0.1, 0.15) is 5.76 Å². The number of hydrogen-bond donors (Lipinski definition) is 1. The van der Waals surface area contributed by atoms with Crippen molar-refractivity contribution >= 4 is 22.9 Å². The lowest BCUT2D eigenvalue weighted by molar-refractivity contribution is -0.116. The van der Waals surface area contributed by atoms with E-state index in [1.807, 2.05) is 50.4 Å². The van der Waals surface area contributed by atoms with Crippen LogP contribution in [0.1, 0.15) is 28.4 Å². The van der Waals surface area contributed by atoms with Crippen LogP contribution in [0.2, 0.25) is 0 Å². The Balaban J connectivity index is 1.71. The third kappa shape index (κ3) is 3.54. The van der Waals surface area contributed by atoms with Gasteiger partial charge in [-0.3, -0.25) is 4.79 Å². The number of carbonyl (C=O) groups excluding carboxylic acids is 1. The summed E-state index contributed by atoms with van der Waals surface area (Å²) in [6.07, 6.45) is 0.998. The van der Waals surface area contributed by atoms with Gasteiger partial charge in [-0.2, -0.15) is 0 Å². The van der Waals surface area contributed by atoms with Gasteiger partial charge >= 0.3 is 0 Å². The summed E-state index contributed by atoms with van der Waals surface area (Å²) in [7, 11) is 0. The third-order valence-corrected chi connectivity index (χ3v) is 4.65. The summed E-state index contributed by atoms with van der Waals surface area (Å²) in [5.41, 5.74) is 4.46. The van der Waals surface area contributed by atoms with Crippen LogP contribution in [-0.2, 0) is 11.2 Å². The van der Waals surface area contributed by atoms with E-state index in [1.165, 1.54) is 0 Å². The molecule has 0 aliphatic rings. The summed E-state index contributed by atoms with van der Waals surface area (Å²) >= 11 is 1.60. The largest absolute Gasteiger partial charge is 0.361 e. The van der Waals surface area contributed by atoms with E-state index in [2.05, 4.69) is 15.5 Å². The smallest absolute Gasteiger partial charge is 0.224 e. The fraction of sp³-hybridized carbons (Fsp3) is 0.278. The number of amides is 1. The van der Waals surface area contributed by atoms with Crippen molar-refractivity contribution in [2.45, 2.75) is 33.6 Å². The van der Waals surface area contributed by atoms with Crippen molar-refractivity contribution in [3.8, 4) is 11.3 Å². The lowest BCUT2D eigenvalue weighted by atomic mass is 10.1. The Morgan fingerprint density at radius 1 is 1.25 bits per heavy atom. The number of aromatic nitrogens is 2. The van der Waals surface area contributed by atoms with Crippen molar-refractivity contribution < 1.29 is 9.32 Å². The molecule has 2 aromatic heterocycles. The number of hydrogen-bond acceptors (Lipinski definition) is 5. The van der Waals surface area contributed by atoms with Crippen LogP contribution in [0.15, 0.2) is 34.2 Å². The Bertz CT molecular complexity index is 847. The number of thiazole rings is 1. The Morgan fingerprint density at radius 2 is 2.04 bits per heavy atom. The van der Waals surface area contributed by atoms with Crippen LogP contribution in [0, 0.1) is 20.8 Å². The van der Waals surface area contributed by atoms with Crippen LogP contribution in [0.4, 0.5) is 5.69 Å². The standard InChI is InChI=1S/C18H19N3O2S/c1-11-14(12(2)23-21-11)8-9-18(22)20-16-7-5-4-6-15(16)17-10-24-13(3)19-17/h4-7,10H,8-9H2,1-3H3,(H,20,22). The van der Waals surface area contributed by atoms with E-state index < -0.39 is 0 Å². The highest BCUT2D eigenvalue weighted by Gasteiger charge is 2.13. The first-order valence-corrected chi connectivity index (χ1v) is 8.65. The van der Waals surface area contributed by atoms with Crippen molar-refractivity contribution in [2.75, 3.05) is 5.32 Å². The third-order valence-electron chi connectivity index (χ3n) is 3.88. The predicted octanol–water partition coefficient (Wildman–Crippen LogP) is 4.29. The van der Waals surface area contributed by atoms with Crippen LogP contribution in [0.3, 0.4) is 0 Å². The molecule has 1 aromatic carbocycles. The molecule has 124 valence electrons. The van der Waals surface area contributed by atoms with Gasteiger partial charge in [0.25, 0.3) is 0 Å². The highest BCUT2D eigenvalue weighted by Crippen LogP contribution is 2.29. The fourth-order valence-corrected chi connectivity index (χ4v) is 3.23. The molecule has 5 nitrogen and oxygen atoms in total. The molecule has 1 N–H and O–H groups in total. The van der Waals surface area contributed by atoms with Crippen molar-refractivity contribution in [3.05, 3.63) is 51.7 Å². The second-order valence-corrected chi connectivity index (χ2v) is 6.71. The van der Waals surface area contributed by atoms with Gasteiger partial charge in [-0.05, 0) is 33.3 Å². The molecule has 0 bridgehead atoms. The molecule has 3 aromatic rings. The first-order valence-electron chi connectivity index (χ1n) is 7.77. The number of carbonyl (C=O) groups is 1. The zero-order chi connectivity index (χ0) is 17.1. The van der Waals surface area contributed by atoms with Gasteiger partial charge in [0.05, 0.1) is 22.1 Å². The summed E-state index contributed by atoms with van der Waals surface area (Å²) < 4.78 is 5.14. The summed E-state index contributed by atoms with van der Waals surface area (Å²) in [5.74, 6) is 0.744. The second kappa shape index (κ2) is 6.97. The molecular weight excluding hydrogens is 322 g/mol. The Hall–Kier alpha value is -2.47. The van der Waals surface area contributed by atoms with E-state index in [0.29, 0.717) is 12.8 Å². The van der Waals surface area contributed by atoms with Crippen LogP contribution in [0.5, 0.6) is 0 Å². The first-order chi connectivity index (χ1) is 11.5. The van der Waals surface area contributed by atoms with Crippen LogP contribution >= 0.6 is 11.3 Å². The molecular formula is C18H19N3O2S. The number of benzene rings is 1. The number of para-hydroxylation sites is 1. The Labute approximate surface area is 144 Å². The van der Waals surface area contributed by atoms with Crippen LogP contribution in [0.25, 0.3) is 11.3 Å². The van der Waals surface area contributed by atoms with Crippen molar-refractivity contribution in [1.29, 1.82) is 0 Å². The van der Waals surface area contributed by atoms with Crippen molar-refractivity contribution in [3.63, 3.8) is 0 Å². The van der Waals surface area contributed by atoms with Gasteiger partial charge in [0.2, 0.25) is 5.91 Å². The van der Waals surface area contributed by atoms with E-state index in [0.717, 1.165) is 39.0 Å². The van der Waals surface area contributed by atoms with E-state index in [9.17, 15) is 4.79 Å². The SMILES string of the molecule is Cc1nc(-c2ccccc2NC(=O)CCc2c(C)noc2C)cs1. The second-order valence-electron chi connectivity index (χ2n) is 5.65. The summed E-state index contributed by atoms with van der Waals surface area (Å²) in [6, 6.07) is 7.73. The predicted molar refractivity (Wildman–Crippen MR) is 95.2 cm³/mol. The minimum atomic E-state index is -0.0330. The number of nitrogens with one attached hydrogen (secondary N) is 1. The number of nitrogens with zero attached hydrogens (tertiary/aromatic N) is 2. The maximum atomic E-state index is 12.3. The number of aryl methyl sites for hydroxylation is 3. The van der Waals surface area contributed by atoms with E-state index in [4.69, 9.17) is 4.52 Å². The molecule has 2 heterocycles. The molecule has 6 heteroatoms. The van der Waals surface area contributed by atoms with E-state index >= 15 is 0 Å². The summed E-state index contributed by atoms with van der Waals surface area (Å²) in [6.45, 7) is 5.73. The maximum absolute atomic E-state index is 12.3. The fourth-order valence-electron chi connectivity index (χ4n) is 2.61. The van der Waals surface area contributed by atoms with E-state index in [-0.39, 0.29) is 5.91 Å². The Morgan fingerprint density at radius 3 is 2.71 bits per heavy atom. The highest BCUT2D eigenvalue weighted by atomic mass is 32.1. The summed E-state index contributed by atoms with van der Waals surface area (Å²) in [4.78, 5) is 16.8. The molecule has 0 radical (unpaired) electrons. The summed E-state index contributed by atoms with van der Waals surface area (Å²) in [5, 5.41) is 9.92. The van der Waals surface area contributed by atoms with Gasteiger partial charge in [-0.25, -0.2) is 4.98 Å². The van der Waals surface area contributed by atoms with Gasteiger partial charge in [-0.1, -0.05) is 23.4 Å². The van der Waals surface area contributed by atoms with E-state index in [1.54, 1.807) is 11.3 Å². The van der Waals surface area contributed by atoms with Gasteiger partial charge in [0, 0.05) is 22.9 Å². The molecule has 3 rings (SSSR count). The van der Waals surface area contributed by atoms with Crippen molar-refractivity contribution in [1.82, 2.24) is 10.1 Å². The zero-order valence-electron chi connectivity index (χ0n) is 13.9.